The molecule has 0 aliphatic heterocycles. The lowest BCUT2D eigenvalue weighted by Crippen LogP contribution is -2.47. The number of carbonyl (C=O) groups excluding carboxylic acids is 1. The van der Waals surface area contributed by atoms with Gasteiger partial charge in [0.05, 0.1) is 6.10 Å². The number of nitrogens with zero attached hydrogens (tertiary/aromatic N) is 2. The summed E-state index contributed by atoms with van der Waals surface area (Å²) in [6.45, 7) is 16.3. The molecule has 0 aromatic carbocycles. The Morgan fingerprint density at radius 1 is 1.15 bits per heavy atom. The SMILES string of the molecule is CCN(CCNC(=NC)NCC(OC)C(C)(C)C)C(=O)OC(C)(C)C.I. The van der Waals surface area contributed by atoms with E-state index in [0.29, 0.717) is 32.1 Å². The molecule has 26 heavy (non-hydrogen) atoms. The van der Waals surface area contributed by atoms with E-state index in [-0.39, 0.29) is 41.6 Å². The molecule has 1 amide bonds. The molecule has 0 aliphatic carbocycles. The second-order valence-corrected chi connectivity index (χ2v) is 8.03. The molecule has 0 aliphatic rings. The summed E-state index contributed by atoms with van der Waals surface area (Å²) in [5, 5.41) is 6.48. The number of ether oxygens (including phenoxy) is 2. The molecule has 0 radical (unpaired) electrons. The third-order valence-electron chi connectivity index (χ3n) is 3.64. The minimum Gasteiger partial charge on any atom is -0.444 e. The smallest absolute Gasteiger partial charge is 0.410 e. The van der Waals surface area contributed by atoms with Gasteiger partial charge in [-0.3, -0.25) is 4.99 Å². The standard InChI is InChI=1S/C18H38N4O3.HI/c1-10-22(16(23)25-18(5,6)7)12-11-20-15(19-8)21-13-14(24-9)17(2,3)4;/h14H,10-13H2,1-9H3,(H2,19,20,21);1H. The van der Waals surface area contributed by atoms with Gasteiger partial charge in [-0.1, -0.05) is 20.8 Å². The minimum atomic E-state index is -0.488. The minimum absolute atomic E-state index is 0. The Morgan fingerprint density at radius 3 is 2.12 bits per heavy atom. The average molecular weight is 486 g/mol. The summed E-state index contributed by atoms with van der Waals surface area (Å²) in [5.74, 6) is 0.687. The number of likely N-dealkylation sites (N-methyl/N-ethyl adjacent to an activating group) is 1. The monoisotopic (exact) mass is 486 g/mol. The third-order valence-corrected chi connectivity index (χ3v) is 3.64. The molecule has 0 saturated heterocycles. The van der Waals surface area contributed by atoms with Gasteiger partial charge in [-0.15, -0.1) is 24.0 Å². The maximum absolute atomic E-state index is 12.1. The molecule has 0 spiro atoms. The lowest BCUT2D eigenvalue weighted by atomic mass is 9.89. The molecule has 8 heteroatoms. The first-order chi connectivity index (χ1) is 11.4. The summed E-state index contributed by atoms with van der Waals surface area (Å²) >= 11 is 0. The second-order valence-electron chi connectivity index (χ2n) is 8.03. The molecule has 0 saturated carbocycles. The van der Waals surface area contributed by atoms with Gasteiger partial charge in [0.25, 0.3) is 0 Å². The Kier molecular flexibility index (Phi) is 13.3. The number of amides is 1. The van der Waals surface area contributed by atoms with Crippen molar-refractivity contribution in [3.63, 3.8) is 0 Å². The number of halogens is 1. The van der Waals surface area contributed by atoms with Crippen LogP contribution in [0.1, 0.15) is 48.5 Å². The molecule has 7 nitrogen and oxygen atoms in total. The van der Waals surface area contributed by atoms with Crippen molar-refractivity contribution in [3.05, 3.63) is 0 Å². The van der Waals surface area contributed by atoms with Crippen molar-refractivity contribution in [2.45, 2.75) is 60.2 Å². The van der Waals surface area contributed by atoms with Gasteiger partial charge >= 0.3 is 6.09 Å². The molecular weight excluding hydrogens is 447 g/mol. The zero-order valence-electron chi connectivity index (χ0n) is 17.9. The van der Waals surface area contributed by atoms with Crippen LogP contribution in [0.3, 0.4) is 0 Å². The Bertz CT molecular complexity index is 431. The van der Waals surface area contributed by atoms with Crippen molar-refractivity contribution >= 4 is 36.0 Å². The Balaban J connectivity index is 0. The molecule has 1 atom stereocenters. The van der Waals surface area contributed by atoms with Crippen LogP contribution in [0.5, 0.6) is 0 Å². The van der Waals surface area contributed by atoms with Crippen molar-refractivity contribution in [2.75, 3.05) is 40.3 Å². The van der Waals surface area contributed by atoms with E-state index < -0.39 is 5.60 Å². The van der Waals surface area contributed by atoms with E-state index in [1.807, 2.05) is 27.7 Å². The number of nitrogens with one attached hydrogen (secondary N) is 2. The fourth-order valence-electron chi connectivity index (χ4n) is 2.17. The van der Waals surface area contributed by atoms with E-state index in [2.05, 4.69) is 36.4 Å². The number of rotatable bonds is 7. The van der Waals surface area contributed by atoms with E-state index in [4.69, 9.17) is 9.47 Å². The molecular formula is C18H39IN4O3. The summed E-state index contributed by atoms with van der Waals surface area (Å²) in [4.78, 5) is 18.0. The largest absolute Gasteiger partial charge is 0.444 e. The highest BCUT2D eigenvalue weighted by Gasteiger charge is 2.24. The average Bonchev–Trinajstić information content (AvgIpc) is 2.46. The maximum Gasteiger partial charge on any atom is 0.410 e. The first-order valence-corrected chi connectivity index (χ1v) is 8.89. The topological polar surface area (TPSA) is 75.2 Å². The van der Waals surface area contributed by atoms with Crippen LogP contribution < -0.4 is 10.6 Å². The van der Waals surface area contributed by atoms with Crippen molar-refractivity contribution in [2.24, 2.45) is 10.4 Å². The number of methoxy groups -OCH3 is 1. The highest BCUT2D eigenvalue weighted by Crippen LogP contribution is 2.20. The van der Waals surface area contributed by atoms with Crippen molar-refractivity contribution in [1.82, 2.24) is 15.5 Å². The predicted molar refractivity (Wildman–Crippen MR) is 119 cm³/mol. The van der Waals surface area contributed by atoms with E-state index in [9.17, 15) is 4.79 Å². The number of aliphatic imine (C=N–C) groups is 1. The fourth-order valence-corrected chi connectivity index (χ4v) is 2.17. The van der Waals surface area contributed by atoms with E-state index in [1.165, 1.54) is 0 Å². The molecule has 0 rings (SSSR count). The van der Waals surface area contributed by atoms with Crippen LogP contribution in [-0.2, 0) is 9.47 Å². The third kappa shape index (κ3) is 11.8. The van der Waals surface area contributed by atoms with Gasteiger partial charge in [-0.2, -0.15) is 0 Å². The second kappa shape index (κ2) is 12.6. The van der Waals surface area contributed by atoms with Crippen LogP contribution in [0.2, 0.25) is 0 Å². The van der Waals surface area contributed by atoms with E-state index in [1.54, 1.807) is 19.1 Å². The molecule has 0 aromatic heterocycles. The van der Waals surface area contributed by atoms with Crippen LogP contribution >= 0.6 is 24.0 Å². The number of hydrogen-bond acceptors (Lipinski definition) is 4. The number of guanidine groups is 1. The van der Waals surface area contributed by atoms with Crippen LogP contribution in [0.15, 0.2) is 4.99 Å². The van der Waals surface area contributed by atoms with Crippen LogP contribution in [0, 0.1) is 5.41 Å². The van der Waals surface area contributed by atoms with E-state index >= 15 is 0 Å². The highest BCUT2D eigenvalue weighted by atomic mass is 127. The molecule has 2 N–H and O–H groups in total. The zero-order chi connectivity index (χ0) is 19.7. The number of hydrogen-bond donors (Lipinski definition) is 2. The highest BCUT2D eigenvalue weighted by molar-refractivity contribution is 14.0. The van der Waals surface area contributed by atoms with Crippen LogP contribution in [0.4, 0.5) is 4.79 Å². The van der Waals surface area contributed by atoms with Gasteiger partial charge in [0.1, 0.15) is 5.60 Å². The normalized spacial score (nSPS) is 13.5. The zero-order valence-corrected chi connectivity index (χ0v) is 20.3. The summed E-state index contributed by atoms with van der Waals surface area (Å²) in [7, 11) is 3.44. The van der Waals surface area contributed by atoms with Gasteiger partial charge in [0.15, 0.2) is 5.96 Å². The first kappa shape index (κ1) is 27.4. The quantitative estimate of drug-likeness (QED) is 0.329. The predicted octanol–water partition coefficient (Wildman–Crippen LogP) is 3.09. The first-order valence-electron chi connectivity index (χ1n) is 8.89. The van der Waals surface area contributed by atoms with Crippen molar-refractivity contribution in [3.8, 4) is 0 Å². The summed E-state index contributed by atoms with van der Waals surface area (Å²) in [6.07, 6.45) is -0.230. The number of carbonyl (C=O) groups is 1. The van der Waals surface area contributed by atoms with Gasteiger partial charge in [-0.05, 0) is 33.1 Å². The van der Waals surface area contributed by atoms with Crippen LogP contribution in [-0.4, -0.2) is 69.0 Å². The molecule has 0 heterocycles. The van der Waals surface area contributed by atoms with Gasteiger partial charge in [0.2, 0.25) is 0 Å². The summed E-state index contributed by atoms with van der Waals surface area (Å²) in [6, 6.07) is 0. The van der Waals surface area contributed by atoms with Crippen molar-refractivity contribution < 1.29 is 14.3 Å². The Labute approximate surface area is 176 Å². The lowest BCUT2D eigenvalue weighted by molar-refractivity contribution is 0.0204. The van der Waals surface area contributed by atoms with Gasteiger partial charge in [0, 0.05) is 40.3 Å². The van der Waals surface area contributed by atoms with E-state index in [0.717, 1.165) is 0 Å². The summed E-state index contributed by atoms with van der Waals surface area (Å²) < 4.78 is 10.9. The van der Waals surface area contributed by atoms with Gasteiger partial charge < -0.3 is 25.0 Å². The Hall–Kier alpha value is -0.770. The molecule has 1 unspecified atom stereocenters. The fraction of sp³-hybridized carbons (Fsp3) is 0.889. The molecule has 0 aromatic rings. The van der Waals surface area contributed by atoms with Crippen LogP contribution in [0.25, 0.3) is 0 Å². The maximum atomic E-state index is 12.1. The summed E-state index contributed by atoms with van der Waals surface area (Å²) in [5.41, 5.74) is -0.450. The molecule has 156 valence electrons. The lowest BCUT2D eigenvalue weighted by Gasteiger charge is -2.30. The molecule has 0 bridgehead atoms. The van der Waals surface area contributed by atoms with Gasteiger partial charge in [-0.25, -0.2) is 4.79 Å². The Morgan fingerprint density at radius 2 is 1.73 bits per heavy atom. The van der Waals surface area contributed by atoms with Crippen molar-refractivity contribution in [1.29, 1.82) is 0 Å². The molecule has 0 fully saturated rings.